The second kappa shape index (κ2) is 7.54. The largest absolute Gasteiger partial charge is 0.466 e. The first-order valence-electron chi connectivity index (χ1n) is 7.54. The molecule has 0 atom stereocenters. The molecule has 0 aliphatic carbocycles. The van der Waals surface area contributed by atoms with Gasteiger partial charge in [-0.3, -0.25) is 19.3 Å². The first kappa shape index (κ1) is 16.7. The number of imide groups is 1. The Kier molecular flexibility index (Phi) is 5.47. The van der Waals surface area contributed by atoms with Crippen LogP contribution in [0.1, 0.15) is 52.0 Å². The number of esters is 1. The van der Waals surface area contributed by atoms with Crippen LogP contribution in [0.3, 0.4) is 0 Å². The zero-order chi connectivity index (χ0) is 16.8. The van der Waals surface area contributed by atoms with Gasteiger partial charge in [-0.05, 0) is 31.9 Å². The minimum absolute atomic E-state index is 0.138. The van der Waals surface area contributed by atoms with E-state index >= 15 is 0 Å². The monoisotopic (exact) mass is 314 g/mol. The van der Waals surface area contributed by atoms with E-state index in [0.29, 0.717) is 30.4 Å². The van der Waals surface area contributed by atoms with E-state index in [9.17, 15) is 14.4 Å². The van der Waals surface area contributed by atoms with Gasteiger partial charge in [-0.1, -0.05) is 11.6 Å². The summed E-state index contributed by atoms with van der Waals surface area (Å²) >= 11 is 0. The fourth-order valence-corrected chi connectivity index (χ4v) is 2.40. The molecule has 2 rings (SSSR count). The molecule has 0 bridgehead atoms. The van der Waals surface area contributed by atoms with Crippen LogP contribution in [0.5, 0.6) is 0 Å². The Morgan fingerprint density at radius 2 is 1.96 bits per heavy atom. The number of nitriles is 1. The molecule has 0 fully saturated rings. The van der Waals surface area contributed by atoms with Gasteiger partial charge in [0.2, 0.25) is 0 Å². The van der Waals surface area contributed by atoms with Crippen LogP contribution in [0.2, 0.25) is 0 Å². The van der Waals surface area contributed by atoms with Crippen molar-refractivity contribution in [3.63, 3.8) is 0 Å². The predicted molar refractivity (Wildman–Crippen MR) is 81.6 cm³/mol. The van der Waals surface area contributed by atoms with Crippen LogP contribution in [0, 0.1) is 18.3 Å². The van der Waals surface area contributed by atoms with Crippen molar-refractivity contribution in [3.8, 4) is 6.07 Å². The maximum Gasteiger partial charge on any atom is 0.305 e. The number of unbranched alkanes of at least 4 members (excludes halogenated alkanes) is 1. The summed E-state index contributed by atoms with van der Waals surface area (Å²) in [6, 6.07) is 7.14. The summed E-state index contributed by atoms with van der Waals surface area (Å²) in [6.07, 6.45) is 1.36. The Morgan fingerprint density at radius 1 is 1.22 bits per heavy atom. The number of fused-ring (bicyclic) bond motifs is 1. The smallest absolute Gasteiger partial charge is 0.305 e. The molecule has 0 N–H and O–H groups in total. The number of nitrogens with zero attached hydrogens (tertiary/aromatic N) is 2. The lowest BCUT2D eigenvalue weighted by Crippen LogP contribution is -2.31. The molecular formula is C17H18N2O4. The third-order valence-electron chi connectivity index (χ3n) is 3.58. The van der Waals surface area contributed by atoms with Crippen LogP contribution >= 0.6 is 0 Å². The molecule has 23 heavy (non-hydrogen) atoms. The van der Waals surface area contributed by atoms with Crippen LogP contribution in [0.25, 0.3) is 0 Å². The van der Waals surface area contributed by atoms with Crippen LogP contribution in [0.15, 0.2) is 18.2 Å². The maximum absolute atomic E-state index is 12.2. The summed E-state index contributed by atoms with van der Waals surface area (Å²) in [7, 11) is 0. The zero-order valence-electron chi connectivity index (χ0n) is 13.0. The van der Waals surface area contributed by atoms with E-state index in [-0.39, 0.29) is 37.4 Å². The number of ether oxygens (including phenoxy) is 1. The normalized spacial score (nSPS) is 13.0. The number of hydrogen-bond donors (Lipinski definition) is 0. The number of hydrogen-bond acceptors (Lipinski definition) is 5. The van der Waals surface area contributed by atoms with Crippen molar-refractivity contribution in [1.82, 2.24) is 4.90 Å². The van der Waals surface area contributed by atoms with Crippen LogP contribution in [-0.4, -0.2) is 35.8 Å². The quantitative estimate of drug-likeness (QED) is 0.437. The van der Waals surface area contributed by atoms with Crippen molar-refractivity contribution in [2.24, 2.45) is 0 Å². The van der Waals surface area contributed by atoms with E-state index in [1.54, 1.807) is 18.2 Å². The standard InChI is InChI=1S/C17H18N2O4/c1-12-6-7-13-14(11-12)17(22)19(16(13)21)9-4-5-15(20)23-10-3-2-8-18/h6-7,11H,2-5,9-10H2,1H3. The van der Waals surface area contributed by atoms with E-state index in [1.807, 2.05) is 13.0 Å². The van der Waals surface area contributed by atoms with Gasteiger partial charge in [0.25, 0.3) is 11.8 Å². The fraction of sp³-hybridized carbons (Fsp3) is 0.412. The van der Waals surface area contributed by atoms with Gasteiger partial charge in [0.05, 0.1) is 23.8 Å². The average Bonchev–Trinajstić information content (AvgIpc) is 2.76. The highest BCUT2D eigenvalue weighted by molar-refractivity contribution is 6.21. The second-order valence-corrected chi connectivity index (χ2v) is 5.40. The summed E-state index contributed by atoms with van der Waals surface area (Å²) in [4.78, 5) is 37.1. The minimum atomic E-state index is -0.379. The van der Waals surface area contributed by atoms with E-state index in [1.165, 1.54) is 4.90 Å². The molecule has 1 aliphatic heterocycles. The SMILES string of the molecule is Cc1ccc2c(c1)C(=O)N(CCCC(=O)OCCCC#N)C2=O. The lowest BCUT2D eigenvalue weighted by molar-refractivity contribution is -0.143. The molecule has 0 radical (unpaired) electrons. The number of aryl methyl sites for hydroxylation is 1. The molecule has 0 saturated carbocycles. The van der Waals surface area contributed by atoms with Crippen LogP contribution in [-0.2, 0) is 9.53 Å². The third-order valence-corrected chi connectivity index (χ3v) is 3.58. The van der Waals surface area contributed by atoms with Crippen molar-refractivity contribution in [1.29, 1.82) is 5.26 Å². The van der Waals surface area contributed by atoms with Gasteiger partial charge in [0.15, 0.2) is 0 Å². The first-order valence-corrected chi connectivity index (χ1v) is 7.54. The van der Waals surface area contributed by atoms with Gasteiger partial charge in [-0.15, -0.1) is 0 Å². The summed E-state index contributed by atoms with van der Waals surface area (Å²) in [5.74, 6) is -1.00. The summed E-state index contributed by atoms with van der Waals surface area (Å²) in [5, 5.41) is 8.38. The molecule has 1 aliphatic rings. The molecule has 1 aromatic rings. The summed E-state index contributed by atoms with van der Waals surface area (Å²) in [5.41, 5.74) is 1.77. The molecule has 0 spiro atoms. The van der Waals surface area contributed by atoms with Gasteiger partial charge in [-0.2, -0.15) is 5.26 Å². The molecule has 6 heteroatoms. The molecule has 1 heterocycles. The molecular weight excluding hydrogens is 296 g/mol. The highest BCUT2D eigenvalue weighted by atomic mass is 16.5. The Balaban J connectivity index is 1.81. The van der Waals surface area contributed by atoms with Crippen LogP contribution in [0.4, 0.5) is 0 Å². The fourth-order valence-electron chi connectivity index (χ4n) is 2.40. The summed E-state index contributed by atoms with van der Waals surface area (Å²) in [6.45, 7) is 2.28. The maximum atomic E-state index is 12.2. The van der Waals surface area contributed by atoms with E-state index in [0.717, 1.165) is 5.56 Å². The number of benzene rings is 1. The zero-order valence-corrected chi connectivity index (χ0v) is 13.0. The van der Waals surface area contributed by atoms with Gasteiger partial charge in [0, 0.05) is 19.4 Å². The van der Waals surface area contributed by atoms with Gasteiger partial charge >= 0.3 is 5.97 Å². The highest BCUT2D eigenvalue weighted by Crippen LogP contribution is 2.24. The Morgan fingerprint density at radius 3 is 2.70 bits per heavy atom. The number of amides is 2. The van der Waals surface area contributed by atoms with E-state index < -0.39 is 0 Å². The lowest BCUT2D eigenvalue weighted by Gasteiger charge is -2.13. The molecule has 0 unspecified atom stereocenters. The Labute approximate surface area is 134 Å². The van der Waals surface area contributed by atoms with E-state index in [2.05, 4.69) is 0 Å². The number of carbonyl (C=O) groups is 3. The minimum Gasteiger partial charge on any atom is -0.466 e. The van der Waals surface area contributed by atoms with Crippen molar-refractivity contribution in [2.75, 3.05) is 13.2 Å². The predicted octanol–water partition coefficient (Wildman–Crippen LogP) is 2.22. The topological polar surface area (TPSA) is 87.5 Å². The Bertz CT molecular complexity index is 676. The van der Waals surface area contributed by atoms with Gasteiger partial charge < -0.3 is 4.74 Å². The highest BCUT2D eigenvalue weighted by Gasteiger charge is 2.34. The molecule has 1 aromatic carbocycles. The number of carbonyl (C=O) groups excluding carboxylic acids is 3. The van der Waals surface area contributed by atoms with Crippen molar-refractivity contribution < 1.29 is 19.1 Å². The lowest BCUT2D eigenvalue weighted by atomic mass is 10.1. The van der Waals surface area contributed by atoms with Gasteiger partial charge in [-0.25, -0.2) is 0 Å². The average molecular weight is 314 g/mol. The molecule has 0 aromatic heterocycles. The number of rotatable bonds is 7. The van der Waals surface area contributed by atoms with Crippen LogP contribution < -0.4 is 0 Å². The third kappa shape index (κ3) is 3.95. The molecule has 0 saturated heterocycles. The molecule has 120 valence electrons. The molecule has 2 amide bonds. The van der Waals surface area contributed by atoms with E-state index in [4.69, 9.17) is 10.00 Å². The second-order valence-electron chi connectivity index (χ2n) is 5.40. The van der Waals surface area contributed by atoms with Crippen molar-refractivity contribution >= 4 is 17.8 Å². The first-order chi connectivity index (χ1) is 11.0. The van der Waals surface area contributed by atoms with Crippen molar-refractivity contribution in [2.45, 2.75) is 32.6 Å². The Hall–Kier alpha value is -2.68. The van der Waals surface area contributed by atoms with Gasteiger partial charge in [0.1, 0.15) is 0 Å². The summed E-state index contributed by atoms with van der Waals surface area (Å²) < 4.78 is 4.96. The molecule has 6 nitrogen and oxygen atoms in total. The van der Waals surface area contributed by atoms with Crippen molar-refractivity contribution in [3.05, 3.63) is 34.9 Å².